The summed E-state index contributed by atoms with van der Waals surface area (Å²) in [7, 11) is 0.539. The van der Waals surface area contributed by atoms with Crippen LogP contribution in [-0.4, -0.2) is 45.8 Å². The fraction of sp³-hybridized carbons (Fsp3) is 0.409. The summed E-state index contributed by atoms with van der Waals surface area (Å²) in [5.74, 6) is -0.255. The number of hydrogen-bond acceptors (Lipinski definition) is 4. The van der Waals surface area contributed by atoms with Crippen LogP contribution in [0.25, 0.3) is 0 Å². The zero-order valence-corrected chi connectivity index (χ0v) is 18.9. The minimum absolute atomic E-state index is 0.0152. The molecule has 0 radical (unpaired) electrons. The van der Waals surface area contributed by atoms with Crippen LogP contribution in [0.4, 0.5) is 5.69 Å². The second kappa shape index (κ2) is 9.81. The van der Waals surface area contributed by atoms with Crippen molar-refractivity contribution in [1.82, 2.24) is 9.62 Å². The van der Waals surface area contributed by atoms with Crippen LogP contribution in [0.3, 0.4) is 0 Å². The highest BCUT2D eigenvalue weighted by molar-refractivity contribution is 7.88. The summed E-state index contributed by atoms with van der Waals surface area (Å²) in [5.41, 5.74) is 2.81. The first-order valence-electron chi connectivity index (χ1n) is 10.0. The summed E-state index contributed by atoms with van der Waals surface area (Å²) in [6, 6.07) is 14.9. The summed E-state index contributed by atoms with van der Waals surface area (Å²) in [6.45, 7) is 1.19. The van der Waals surface area contributed by atoms with E-state index in [2.05, 4.69) is 5.32 Å². The van der Waals surface area contributed by atoms with Crippen LogP contribution in [0, 0.1) is 5.92 Å². The lowest BCUT2D eigenvalue weighted by Gasteiger charge is -2.30. The molecular weight excluding hydrogens is 422 g/mol. The van der Waals surface area contributed by atoms with E-state index in [9.17, 15) is 13.2 Å². The predicted octanol–water partition coefficient (Wildman–Crippen LogP) is 3.26. The lowest BCUT2D eigenvalue weighted by Crippen LogP contribution is -2.43. The number of piperidine rings is 1. The molecule has 0 aliphatic carbocycles. The van der Waals surface area contributed by atoms with Crippen molar-refractivity contribution in [2.24, 2.45) is 5.92 Å². The van der Waals surface area contributed by atoms with E-state index in [0.717, 1.165) is 11.3 Å². The number of nitrogens with one attached hydrogen (secondary N) is 1. The fourth-order valence-electron chi connectivity index (χ4n) is 3.57. The molecule has 2 aromatic carbocycles. The lowest BCUT2D eigenvalue weighted by atomic mass is 9.97. The molecule has 1 N–H and O–H groups in total. The summed E-state index contributed by atoms with van der Waals surface area (Å²) >= 11 is 5.95. The number of carbonyl (C=O) groups is 1. The summed E-state index contributed by atoms with van der Waals surface area (Å²) in [5, 5.41) is 3.50. The highest BCUT2D eigenvalue weighted by Gasteiger charge is 2.31. The minimum atomic E-state index is -3.43. The summed E-state index contributed by atoms with van der Waals surface area (Å²) < 4.78 is 26.9. The van der Waals surface area contributed by atoms with Gasteiger partial charge in [0.1, 0.15) is 0 Å². The van der Waals surface area contributed by atoms with Crippen LogP contribution in [0.5, 0.6) is 0 Å². The molecular formula is C22H28ClN3O3S. The molecule has 1 aliphatic rings. The number of amides is 1. The number of hydrogen-bond donors (Lipinski definition) is 1. The van der Waals surface area contributed by atoms with Gasteiger partial charge >= 0.3 is 0 Å². The Morgan fingerprint density at radius 3 is 2.37 bits per heavy atom. The van der Waals surface area contributed by atoms with Gasteiger partial charge in [0, 0.05) is 50.4 Å². The molecule has 2 aromatic rings. The van der Waals surface area contributed by atoms with E-state index in [4.69, 9.17) is 11.6 Å². The van der Waals surface area contributed by atoms with E-state index in [1.54, 1.807) is 24.3 Å². The van der Waals surface area contributed by atoms with Gasteiger partial charge in [-0.1, -0.05) is 35.9 Å². The van der Waals surface area contributed by atoms with E-state index in [-0.39, 0.29) is 17.6 Å². The van der Waals surface area contributed by atoms with E-state index in [1.165, 1.54) is 4.31 Å². The predicted molar refractivity (Wildman–Crippen MR) is 121 cm³/mol. The molecule has 1 heterocycles. The average Bonchev–Trinajstić information content (AvgIpc) is 2.72. The van der Waals surface area contributed by atoms with Gasteiger partial charge < -0.3 is 10.2 Å². The number of halogens is 1. The van der Waals surface area contributed by atoms with Gasteiger partial charge in [0.25, 0.3) is 0 Å². The Morgan fingerprint density at radius 1 is 1.10 bits per heavy atom. The number of sulfonamides is 1. The van der Waals surface area contributed by atoms with E-state index < -0.39 is 10.0 Å². The second-order valence-electron chi connectivity index (χ2n) is 7.84. The molecule has 30 heavy (non-hydrogen) atoms. The molecule has 0 bridgehead atoms. The molecule has 0 unspecified atom stereocenters. The van der Waals surface area contributed by atoms with Crippen LogP contribution in [0.1, 0.15) is 24.0 Å². The van der Waals surface area contributed by atoms with Crippen molar-refractivity contribution in [3.63, 3.8) is 0 Å². The van der Waals surface area contributed by atoms with Crippen LogP contribution in [-0.2, 0) is 27.1 Å². The Balaban J connectivity index is 1.48. The number of anilines is 1. The largest absolute Gasteiger partial charge is 0.378 e. The Hall–Kier alpha value is -2.09. The topological polar surface area (TPSA) is 69.7 Å². The molecule has 1 aliphatic heterocycles. The Kier molecular flexibility index (Phi) is 7.39. The lowest BCUT2D eigenvalue weighted by molar-refractivity contribution is -0.126. The van der Waals surface area contributed by atoms with Crippen molar-refractivity contribution in [2.45, 2.75) is 25.1 Å². The standard InChI is InChI=1S/C22H28ClN3O3S/c1-25(2)21-8-6-17(7-9-21)15-24-22(27)19-10-12-26(13-11-19)30(28,29)16-18-4-3-5-20(23)14-18/h3-9,14,19H,10-13,15-16H2,1-2H3,(H,24,27). The van der Waals surface area contributed by atoms with Gasteiger partial charge in [0.05, 0.1) is 5.75 Å². The number of rotatable bonds is 7. The second-order valence-corrected chi connectivity index (χ2v) is 10.2. The molecule has 0 spiro atoms. The van der Waals surface area contributed by atoms with Gasteiger partial charge in [0.2, 0.25) is 15.9 Å². The third kappa shape index (κ3) is 5.97. The molecule has 1 fully saturated rings. The highest BCUT2D eigenvalue weighted by Crippen LogP contribution is 2.23. The molecule has 0 atom stereocenters. The zero-order chi connectivity index (χ0) is 21.7. The van der Waals surface area contributed by atoms with E-state index in [1.807, 2.05) is 43.3 Å². The molecule has 1 saturated heterocycles. The first-order valence-corrected chi connectivity index (χ1v) is 12.0. The van der Waals surface area contributed by atoms with Crippen molar-refractivity contribution in [2.75, 3.05) is 32.1 Å². The van der Waals surface area contributed by atoms with Gasteiger partial charge in [-0.2, -0.15) is 0 Å². The third-order valence-corrected chi connectivity index (χ3v) is 7.46. The minimum Gasteiger partial charge on any atom is -0.378 e. The zero-order valence-electron chi connectivity index (χ0n) is 17.3. The molecule has 3 rings (SSSR count). The van der Waals surface area contributed by atoms with Gasteiger partial charge in [0.15, 0.2) is 0 Å². The van der Waals surface area contributed by atoms with Crippen molar-refractivity contribution in [1.29, 1.82) is 0 Å². The van der Waals surface area contributed by atoms with Gasteiger partial charge in [-0.3, -0.25) is 4.79 Å². The van der Waals surface area contributed by atoms with Crippen LogP contribution < -0.4 is 10.2 Å². The van der Waals surface area contributed by atoms with Crippen LogP contribution in [0.2, 0.25) is 5.02 Å². The number of benzene rings is 2. The Bertz CT molecular complexity index is 969. The quantitative estimate of drug-likeness (QED) is 0.704. The normalized spacial score (nSPS) is 15.7. The van der Waals surface area contributed by atoms with E-state index >= 15 is 0 Å². The molecule has 0 aromatic heterocycles. The monoisotopic (exact) mass is 449 g/mol. The van der Waals surface area contributed by atoms with Gasteiger partial charge in [-0.25, -0.2) is 12.7 Å². The third-order valence-electron chi connectivity index (χ3n) is 5.38. The molecule has 6 nitrogen and oxygen atoms in total. The van der Waals surface area contributed by atoms with Crippen LogP contribution >= 0.6 is 11.6 Å². The van der Waals surface area contributed by atoms with Crippen molar-refractivity contribution < 1.29 is 13.2 Å². The van der Waals surface area contributed by atoms with Gasteiger partial charge in [-0.05, 0) is 48.2 Å². The smallest absolute Gasteiger partial charge is 0.223 e. The SMILES string of the molecule is CN(C)c1ccc(CNC(=O)C2CCN(S(=O)(=O)Cc3cccc(Cl)c3)CC2)cc1. The molecule has 1 amide bonds. The maximum Gasteiger partial charge on any atom is 0.223 e. The molecule has 8 heteroatoms. The molecule has 0 saturated carbocycles. The van der Waals surface area contributed by atoms with Crippen molar-refractivity contribution >= 4 is 33.2 Å². The first-order chi connectivity index (χ1) is 14.2. The number of nitrogens with zero attached hydrogens (tertiary/aromatic N) is 2. The van der Waals surface area contributed by atoms with E-state index in [0.29, 0.717) is 43.1 Å². The summed E-state index contributed by atoms with van der Waals surface area (Å²) in [6.07, 6.45) is 1.06. The molecule has 162 valence electrons. The fourth-order valence-corrected chi connectivity index (χ4v) is 5.33. The number of carbonyl (C=O) groups excluding carboxylic acids is 1. The summed E-state index contributed by atoms with van der Waals surface area (Å²) in [4.78, 5) is 14.6. The highest BCUT2D eigenvalue weighted by atomic mass is 35.5. The Morgan fingerprint density at radius 2 is 1.77 bits per heavy atom. The first kappa shape index (κ1) is 22.6. The van der Waals surface area contributed by atoms with Crippen molar-refractivity contribution in [3.8, 4) is 0 Å². The maximum atomic E-state index is 12.7. The average molecular weight is 450 g/mol. The van der Waals surface area contributed by atoms with Crippen LogP contribution in [0.15, 0.2) is 48.5 Å². The van der Waals surface area contributed by atoms with Gasteiger partial charge in [-0.15, -0.1) is 0 Å². The maximum absolute atomic E-state index is 12.7. The van der Waals surface area contributed by atoms with Crippen molar-refractivity contribution in [3.05, 3.63) is 64.7 Å². The Labute approximate surface area is 183 Å².